The van der Waals surface area contributed by atoms with E-state index >= 15 is 0 Å². The van der Waals surface area contributed by atoms with Gasteiger partial charge in [0.2, 0.25) is 5.95 Å². The van der Waals surface area contributed by atoms with E-state index < -0.39 is 0 Å². The lowest BCUT2D eigenvalue weighted by molar-refractivity contribution is 0.298. The summed E-state index contributed by atoms with van der Waals surface area (Å²) in [5.74, 6) is 0.416. The molecule has 1 heterocycles. The molecule has 0 unspecified atom stereocenters. The van der Waals surface area contributed by atoms with Crippen LogP contribution in [0.1, 0.15) is 19.4 Å². The van der Waals surface area contributed by atoms with Crippen LogP contribution >= 0.6 is 0 Å². The van der Waals surface area contributed by atoms with Crippen LogP contribution in [0, 0.1) is 0 Å². The molecule has 24 heavy (non-hydrogen) atoms. The first-order valence-electron chi connectivity index (χ1n) is 7.83. The number of nitrogens with one attached hydrogen (secondary N) is 1. The van der Waals surface area contributed by atoms with Crippen molar-refractivity contribution in [3.8, 4) is 12.0 Å². The van der Waals surface area contributed by atoms with Crippen molar-refractivity contribution in [1.82, 2.24) is 15.0 Å². The predicted octanol–water partition coefficient (Wildman–Crippen LogP) is 3.39. The van der Waals surface area contributed by atoms with Gasteiger partial charge < -0.3 is 14.8 Å². The molecule has 0 aliphatic carbocycles. The summed E-state index contributed by atoms with van der Waals surface area (Å²) in [5.41, 5.74) is 1.13. The summed E-state index contributed by atoms with van der Waals surface area (Å²) in [7, 11) is 0. The molecule has 0 spiro atoms. The van der Waals surface area contributed by atoms with Crippen molar-refractivity contribution in [2.45, 2.75) is 20.4 Å². The Balaban J connectivity index is 2.08. The number of benzene rings is 1. The SMILES string of the molecule is CC=CCOc1nc(NCc2ccccc2)nc(OCC=CC)n1. The van der Waals surface area contributed by atoms with Gasteiger partial charge in [-0.25, -0.2) is 0 Å². The molecular weight excluding hydrogens is 304 g/mol. The average Bonchev–Trinajstić information content (AvgIpc) is 2.61. The summed E-state index contributed by atoms with van der Waals surface area (Å²) in [4.78, 5) is 12.7. The molecule has 1 aromatic heterocycles. The Kier molecular flexibility index (Phi) is 7.27. The monoisotopic (exact) mass is 326 g/mol. The third kappa shape index (κ3) is 6.08. The van der Waals surface area contributed by atoms with Crippen LogP contribution in [0.25, 0.3) is 0 Å². The number of aromatic nitrogens is 3. The molecule has 2 rings (SSSR count). The van der Waals surface area contributed by atoms with Crippen molar-refractivity contribution in [3.05, 3.63) is 60.2 Å². The van der Waals surface area contributed by atoms with Crippen LogP contribution in [-0.4, -0.2) is 28.2 Å². The van der Waals surface area contributed by atoms with E-state index in [4.69, 9.17) is 9.47 Å². The van der Waals surface area contributed by atoms with Crippen molar-refractivity contribution < 1.29 is 9.47 Å². The third-order valence-electron chi connectivity index (χ3n) is 2.98. The minimum atomic E-state index is 0.231. The van der Waals surface area contributed by atoms with Crippen LogP contribution < -0.4 is 14.8 Å². The van der Waals surface area contributed by atoms with Crippen LogP contribution in [0.2, 0.25) is 0 Å². The third-order valence-corrected chi connectivity index (χ3v) is 2.98. The fourth-order valence-corrected chi connectivity index (χ4v) is 1.76. The molecule has 1 N–H and O–H groups in total. The van der Waals surface area contributed by atoms with Crippen LogP contribution in [-0.2, 0) is 6.54 Å². The summed E-state index contributed by atoms with van der Waals surface area (Å²) >= 11 is 0. The van der Waals surface area contributed by atoms with Crippen LogP contribution in [0.5, 0.6) is 12.0 Å². The second-order valence-corrected chi connectivity index (χ2v) is 4.82. The second-order valence-electron chi connectivity index (χ2n) is 4.82. The highest BCUT2D eigenvalue weighted by Crippen LogP contribution is 2.14. The maximum atomic E-state index is 5.50. The normalized spacial score (nSPS) is 11.1. The van der Waals surface area contributed by atoms with Crippen molar-refractivity contribution in [3.63, 3.8) is 0 Å². The number of hydrogen-bond donors (Lipinski definition) is 1. The standard InChI is InChI=1S/C18H22N4O2/c1-3-5-12-23-17-20-16(19-14-15-10-8-7-9-11-15)21-18(22-17)24-13-6-4-2/h3-11H,12-14H2,1-2H3,(H,19,20,21,22). The zero-order valence-electron chi connectivity index (χ0n) is 14.0. The van der Waals surface area contributed by atoms with Crippen molar-refractivity contribution in [2.75, 3.05) is 18.5 Å². The zero-order valence-corrected chi connectivity index (χ0v) is 14.0. The fourth-order valence-electron chi connectivity index (χ4n) is 1.76. The Bertz CT molecular complexity index is 638. The molecule has 0 atom stereocenters. The minimum Gasteiger partial charge on any atom is -0.459 e. The number of anilines is 1. The molecule has 2 aromatic rings. The Labute approximate surface area is 142 Å². The molecule has 0 bridgehead atoms. The molecule has 0 radical (unpaired) electrons. The van der Waals surface area contributed by atoms with Gasteiger partial charge in [0.15, 0.2) is 0 Å². The molecule has 6 nitrogen and oxygen atoms in total. The van der Waals surface area contributed by atoms with E-state index in [0.717, 1.165) is 5.56 Å². The highest BCUT2D eigenvalue weighted by Gasteiger charge is 2.08. The largest absolute Gasteiger partial charge is 0.459 e. The second kappa shape index (κ2) is 9.99. The summed E-state index contributed by atoms with van der Waals surface area (Å²) < 4.78 is 11.0. The van der Waals surface area contributed by atoms with E-state index in [1.54, 1.807) is 0 Å². The van der Waals surface area contributed by atoms with Gasteiger partial charge in [-0.2, -0.15) is 9.97 Å². The van der Waals surface area contributed by atoms with Crippen molar-refractivity contribution in [1.29, 1.82) is 0 Å². The van der Waals surface area contributed by atoms with E-state index in [0.29, 0.717) is 25.7 Å². The van der Waals surface area contributed by atoms with Gasteiger partial charge in [-0.1, -0.05) is 54.6 Å². The van der Waals surface area contributed by atoms with Gasteiger partial charge in [0.1, 0.15) is 13.2 Å². The summed E-state index contributed by atoms with van der Waals surface area (Å²) in [6.07, 6.45) is 7.56. The first kappa shape index (κ1) is 17.5. The van der Waals surface area contributed by atoms with Crippen LogP contribution in [0.3, 0.4) is 0 Å². The average molecular weight is 326 g/mol. The van der Waals surface area contributed by atoms with Gasteiger partial charge in [-0.3, -0.25) is 0 Å². The zero-order chi connectivity index (χ0) is 17.0. The molecule has 0 amide bonds. The molecular formula is C18H22N4O2. The van der Waals surface area contributed by atoms with Crippen molar-refractivity contribution in [2.24, 2.45) is 0 Å². The molecule has 0 aliphatic rings. The predicted molar refractivity (Wildman–Crippen MR) is 94.2 cm³/mol. The van der Waals surface area contributed by atoms with Crippen molar-refractivity contribution >= 4 is 5.95 Å². The van der Waals surface area contributed by atoms with Gasteiger partial charge in [0, 0.05) is 6.54 Å². The lowest BCUT2D eigenvalue weighted by Crippen LogP contribution is -2.09. The van der Waals surface area contributed by atoms with E-state index in [9.17, 15) is 0 Å². The van der Waals surface area contributed by atoms with E-state index in [1.165, 1.54) is 0 Å². The van der Waals surface area contributed by atoms with Crippen LogP contribution in [0.4, 0.5) is 5.95 Å². The van der Waals surface area contributed by atoms with E-state index in [1.807, 2.05) is 68.5 Å². The summed E-state index contributed by atoms with van der Waals surface area (Å²) in [6.45, 7) is 5.25. The molecule has 126 valence electrons. The number of allylic oxidation sites excluding steroid dienone is 2. The highest BCUT2D eigenvalue weighted by atomic mass is 16.5. The topological polar surface area (TPSA) is 69.2 Å². The lowest BCUT2D eigenvalue weighted by Gasteiger charge is -2.09. The first-order chi connectivity index (χ1) is 11.8. The van der Waals surface area contributed by atoms with Gasteiger partial charge in [-0.05, 0) is 19.4 Å². The Morgan fingerprint density at radius 3 is 2.00 bits per heavy atom. The minimum absolute atomic E-state index is 0.231. The smallest absolute Gasteiger partial charge is 0.324 e. The maximum Gasteiger partial charge on any atom is 0.324 e. The van der Waals surface area contributed by atoms with Gasteiger partial charge >= 0.3 is 12.0 Å². The Morgan fingerprint density at radius 2 is 1.46 bits per heavy atom. The number of ether oxygens (including phenoxy) is 2. The van der Waals surface area contributed by atoms with Gasteiger partial charge in [-0.15, -0.1) is 4.98 Å². The fraction of sp³-hybridized carbons (Fsp3) is 0.278. The maximum absolute atomic E-state index is 5.50. The lowest BCUT2D eigenvalue weighted by atomic mass is 10.2. The van der Waals surface area contributed by atoms with Crippen LogP contribution in [0.15, 0.2) is 54.6 Å². The quantitative estimate of drug-likeness (QED) is 0.712. The number of nitrogens with zero attached hydrogens (tertiary/aromatic N) is 3. The number of hydrogen-bond acceptors (Lipinski definition) is 6. The van der Waals surface area contributed by atoms with E-state index in [2.05, 4.69) is 20.3 Å². The Hall–Kier alpha value is -2.89. The Morgan fingerprint density at radius 1 is 0.875 bits per heavy atom. The molecule has 0 saturated heterocycles. The molecule has 1 aromatic carbocycles. The molecule has 0 fully saturated rings. The molecule has 0 aliphatic heterocycles. The molecule has 0 saturated carbocycles. The highest BCUT2D eigenvalue weighted by molar-refractivity contribution is 5.30. The summed E-state index contributed by atoms with van der Waals surface area (Å²) in [5, 5.41) is 3.16. The van der Waals surface area contributed by atoms with E-state index in [-0.39, 0.29) is 12.0 Å². The molecule has 6 heteroatoms. The first-order valence-corrected chi connectivity index (χ1v) is 7.83. The van der Waals surface area contributed by atoms with Gasteiger partial charge in [0.05, 0.1) is 0 Å². The van der Waals surface area contributed by atoms with Gasteiger partial charge in [0.25, 0.3) is 0 Å². The number of rotatable bonds is 9. The summed E-state index contributed by atoms with van der Waals surface area (Å²) in [6, 6.07) is 10.5.